The lowest BCUT2D eigenvalue weighted by Crippen LogP contribution is -1.95. The third-order valence-corrected chi connectivity index (χ3v) is 3.36. The highest BCUT2D eigenvalue weighted by Gasteiger charge is 2.05. The summed E-state index contributed by atoms with van der Waals surface area (Å²) in [6, 6.07) is 8.16. The molecule has 1 aromatic heterocycles. The lowest BCUT2D eigenvalue weighted by Gasteiger charge is -2.07. The Balaban J connectivity index is 2.45. The van der Waals surface area contributed by atoms with Crippen molar-refractivity contribution in [2.75, 3.05) is 0 Å². The lowest BCUT2D eigenvalue weighted by molar-refractivity contribution is 1.29. The first kappa shape index (κ1) is 13.0. The maximum atomic E-state index is 4.70. The topological polar surface area (TPSA) is 25.2 Å². The largest absolute Gasteiger partial charge is 0.264 e. The average Bonchev–Trinajstić information content (AvgIpc) is 2.34. The summed E-state index contributed by atoms with van der Waals surface area (Å²) in [6.07, 6.45) is 3.60. The van der Waals surface area contributed by atoms with Gasteiger partial charge in [0.25, 0.3) is 0 Å². The van der Waals surface area contributed by atoms with Gasteiger partial charge < -0.3 is 0 Å². The number of hydrogen-bond donors (Lipinski definition) is 0. The van der Waals surface area contributed by atoms with E-state index in [0.29, 0.717) is 0 Å². The van der Waals surface area contributed by atoms with E-state index in [4.69, 9.17) is 4.99 Å². The van der Waals surface area contributed by atoms with Crippen LogP contribution in [0.5, 0.6) is 0 Å². The van der Waals surface area contributed by atoms with Gasteiger partial charge in [-0.1, -0.05) is 12.1 Å². The van der Waals surface area contributed by atoms with Gasteiger partial charge in [-0.15, -0.1) is 0 Å². The maximum Gasteiger partial charge on any atom is 0.0804 e. The number of aryl methyl sites for hydroxylation is 2. The van der Waals surface area contributed by atoms with Crippen molar-refractivity contribution in [2.24, 2.45) is 4.99 Å². The Kier molecular flexibility index (Phi) is 3.92. The van der Waals surface area contributed by atoms with Crippen LogP contribution in [0.4, 0.5) is 5.69 Å². The molecule has 0 bridgehead atoms. The molecule has 0 N–H and O–H groups in total. The second kappa shape index (κ2) is 5.44. The van der Waals surface area contributed by atoms with Gasteiger partial charge in [-0.2, -0.15) is 0 Å². The van der Waals surface area contributed by atoms with Gasteiger partial charge in [-0.05, 0) is 60.0 Å². The van der Waals surface area contributed by atoms with Crippen LogP contribution < -0.4 is 0 Å². The number of benzene rings is 1. The molecule has 0 amide bonds. The number of hydrogen-bond acceptors (Lipinski definition) is 2. The minimum absolute atomic E-state index is 0.968. The summed E-state index contributed by atoms with van der Waals surface area (Å²) in [4.78, 5) is 8.81. The standard InChI is InChI=1S/C15H15BrN2/c1-10-7-11(2)15(14(16)8-10)18-12(3)13-5-4-6-17-9-13/h4-9H,1-3H3. The summed E-state index contributed by atoms with van der Waals surface area (Å²) in [5.74, 6) is 0. The first-order chi connectivity index (χ1) is 8.58. The highest BCUT2D eigenvalue weighted by atomic mass is 79.9. The van der Waals surface area contributed by atoms with Crippen LogP contribution in [0.1, 0.15) is 23.6 Å². The van der Waals surface area contributed by atoms with Crippen LogP contribution in [0.2, 0.25) is 0 Å². The highest BCUT2D eigenvalue weighted by Crippen LogP contribution is 2.31. The SMILES string of the molecule is CC(=Nc1c(C)cc(C)cc1Br)c1cccnc1. The number of rotatable bonds is 2. The molecule has 2 rings (SSSR count). The van der Waals surface area contributed by atoms with Crippen LogP contribution in [0, 0.1) is 13.8 Å². The second-order valence-electron chi connectivity index (χ2n) is 4.35. The van der Waals surface area contributed by atoms with Crippen molar-refractivity contribution >= 4 is 27.3 Å². The quantitative estimate of drug-likeness (QED) is 0.744. The zero-order valence-corrected chi connectivity index (χ0v) is 12.3. The minimum atomic E-state index is 0.968. The van der Waals surface area contributed by atoms with E-state index < -0.39 is 0 Å². The van der Waals surface area contributed by atoms with Crippen molar-refractivity contribution in [2.45, 2.75) is 20.8 Å². The van der Waals surface area contributed by atoms with Gasteiger partial charge in [0.2, 0.25) is 0 Å². The molecule has 0 saturated heterocycles. The van der Waals surface area contributed by atoms with Crippen molar-refractivity contribution in [1.29, 1.82) is 0 Å². The Morgan fingerprint density at radius 3 is 2.67 bits per heavy atom. The molecule has 92 valence electrons. The van der Waals surface area contributed by atoms with E-state index in [1.54, 1.807) is 6.20 Å². The van der Waals surface area contributed by atoms with E-state index in [1.807, 2.05) is 25.3 Å². The monoisotopic (exact) mass is 302 g/mol. The number of pyridine rings is 1. The van der Waals surface area contributed by atoms with Gasteiger partial charge in [0.05, 0.1) is 5.69 Å². The van der Waals surface area contributed by atoms with Crippen molar-refractivity contribution in [3.8, 4) is 0 Å². The summed E-state index contributed by atoms with van der Waals surface area (Å²) in [5.41, 5.74) is 5.41. The predicted molar refractivity (Wildman–Crippen MR) is 79.7 cm³/mol. The number of aliphatic imine (C=N–C) groups is 1. The molecule has 0 saturated carbocycles. The van der Waals surface area contributed by atoms with Crippen molar-refractivity contribution in [3.63, 3.8) is 0 Å². The third-order valence-electron chi connectivity index (χ3n) is 2.76. The third kappa shape index (κ3) is 2.85. The van der Waals surface area contributed by atoms with Gasteiger partial charge in [-0.3, -0.25) is 9.98 Å². The first-order valence-corrected chi connectivity index (χ1v) is 6.59. The van der Waals surface area contributed by atoms with Crippen LogP contribution in [-0.2, 0) is 0 Å². The summed E-state index contributed by atoms with van der Waals surface area (Å²) in [6.45, 7) is 6.16. The van der Waals surface area contributed by atoms with Crippen molar-refractivity contribution < 1.29 is 0 Å². The fourth-order valence-electron chi connectivity index (χ4n) is 1.86. The Hall–Kier alpha value is -1.48. The van der Waals surface area contributed by atoms with Crippen molar-refractivity contribution in [3.05, 3.63) is 57.8 Å². The Morgan fingerprint density at radius 1 is 1.28 bits per heavy atom. The van der Waals surface area contributed by atoms with E-state index >= 15 is 0 Å². The smallest absolute Gasteiger partial charge is 0.0804 e. The molecule has 2 nitrogen and oxygen atoms in total. The number of nitrogens with zero attached hydrogens (tertiary/aromatic N) is 2. The van der Waals surface area contributed by atoms with E-state index in [0.717, 1.165) is 21.4 Å². The first-order valence-electron chi connectivity index (χ1n) is 5.80. The highest BCUT2D eigenvalue weighted by molar-refractivity contribution is 9.10. The molecule has 0 atom stereocenters. The van der Waals surface area contributed by atoms with Gasteiger partial charge in [0.1, 0.15) is 0 Å². The van der Waals surface area contributed by atoms with Crippen LogP contribution in [-0.4, -0.2) is 10.7 Å². The predicted octanol–water partition coefficient (Wildman–Crippen LogP) is 4.60. The van der Waals surface area contributed by atoms with Crippen LogP contribution in [0.15, 0.2) is 46.1 Å². The molecule has 0 unspecified atom stereocenters. The van der Waals surface area contributed by atoms with Gasteiger partial charge in [-0.25, -0.2) is 0 Å². The molecule has 0 fully saturated rings. The number of aromatic nitrogens is 1. The fraction of sp³-hybridized carbons (Fsp3) is 0.200. The summed E-state index contributed by atoms with van der Waals surface area (Å²) in [5, 5.41) is 0. The molecule has 0 aliphatic carbocycles. The number of halogens is 1. The molecule has 3 heteroatoms. The Bertz CT molecular complexity index is 566. The Labute approximate surface area is 116 Å². The van der Waals surface area contributed by atoms with Crippen LogP contribution in [0.25, 0.3) is 0 Å². The summed E-state index contributed by atoms with van der Waals surface area (Å²) in [7, 11) is 0. The molecular formula is C15H15BrN2. The van der Waals surface area contributed by atoms with Gasteiger partial charge >= 0.3 is 0 Å². The zero-order chi connectivity index (χ0) is 13.1. The molecule has 0 aliphatic rings. The lowest BCUT2D eigenvalue weighted by atomic mass is 10.1. The van der Waals surface area contributed by atoms with Gasteiger partial charge in [0.15, 0.2) is 0 Å². The normalized spacial score (nSPS) is 11.7. The molecule has 1 aromatic carbocycles. The van der Waals surface area contributed by atoms with E-state index in [1.165, 1.54) is 11.1 Å². The second-order valence-corrected chi connectivity index (χ2v) is 5.21. The average molecular weight is 303 g/mol. The minimum Gasteiger partial charge on any atom is -0.264 e. The van der Waals surface area contributed by atoms with E-state index in [9.17, 15) is 0 Å². The molecule has 18 heavy (non-hydrogen) atoms. The fourth-order valence-corrected chi connectivity index (χ4v) is 2.62. The Morgan fingerprint density at radius 2 is 2.06 bits per heavy atom. The van der Waals surface area contributed by atoms with Crippen LogP contribution in [0.3, 0.4) is 0 Å². The molecule has 0 aliphatic heterocycles. The molecule has 2 aromatic rings. The summed E-state index contributed by atoms with van der Waals surface area (Å²) >= 11 is 3.58. The van der Waals surface area contributed by atoms with E-state index in [-0.39, 0.29) is 0 Å². The molecule has 1 heterocycles. The molecule has 0 spiro atoms. The van der Waals surface area contributed by atoms with E-state index in [2.05, 4.69) is 46.9 Å². The van der Waals surface area contributed by atoms with Gasteiger partial charge in [0, 0.05) is 28.1 Å². The van der Waals surface area contributed by atoms with Crippen molar-refractivity contribution in [1.82, 2.24) is 4.98 Å². The zero-order valence-electron chi connectivity index (χ0n) is 10.7. The van der Waals surface area contributed by atoms with Crippen LogP contribution >= 0.6 is 15.9 Å². The maximum absolute atomic E-state index is 4.70. The molecular weight excluding hydrogens is 288 g/mol. The molecule has 0 radical (unpaired) electrons. The summed E-state index contributed by atoms with van der Waals surface area (Å²) < 4.78 is 1.03.